The quantitative estimate of drug-likeness (QED) is 0.616. The van der Waals surface area contributed by atoms with Crippen molar-refractivity contribution in [2.45, 2.75) is 31.9 Å². The van der Waals surface area contributed by atoms with E-state index in [1.165, 1.54) is 13.2 Å². The van der Waals surface area contributed by atoms with Gasteiger partial charge in [0.2, 0.25) is 5.82 Å². The first-order valence-corrected chi connectivity index (χ1v) is 7.60. The van der Waals surface area contributed by atoms with Gasteiger partial charge in [0.15, 0.2) is 0 Å². The van der Waals surface area contributed by atoms with E-state index in [0.29, 0.717) is 11.3 Å². The molecule has 0 aliphatic rings. The van der Waals surface area contributed by atoms with E-state index in [2.05, 4.69) is 25.0 Å². The van der Waals surface area contributed by atoms with Crippen molar-refractivity contribution < 1.29 is 22.9 Å². The molecule has 0 bridgehead atoms. The standard InChI is InChI=1S/C14H16ClF2N5O3/c1-8(2)25-22(13(23)18-3)7-10-5-4-9(6-19-10)11-20-12(24-21-11)14(15,16)17/h4-6,8H,7H2,1-3H3,(H,18,23). The maximum atomic E-state index is 12.9. The van der Waals surface area contributed by atoms with Crippen molar-refractivity contribution in [3.8, 4) is 11.4 Å². The Kier molecular flexibility index (Phi) is 5.85. The molecule has 2 aromatic rings. The summed E-state index contributed by atoms with van der Waals surface area (Å²) in [5.41, 5.74) is 0.871. The van der Waals surface area contributed by atoms with Crippen LogP contribution in [0.2, 0.25) is 0 Å². The van der Waals surface area contributed by atoms with Gasteiger partial charge >= 0.3 is 17.3 Å². The number of hydrogen-bond donors (Lipinski definition) is 1. The Bertz CT molecular complexity index is 718. The highest BCUT2D eigenvalue weighted by Crippen LogP contribution is 2.31. The number of pyridine rings is 1. The average Bonchev–Trinajstić information content (AvgIpc) is 3.04. The largest absolute Gasteiger partial charge is 0.400 e. The van der Waals surface area contributed by atoms with E-state index >= 15 is 0 Å². The summed E-state index contributed by atoms with van der Waals surface area (Å²) in [6.07, 6.45) is 1.17. The van der Waals surface area contributed by atoms with E-state index < -0.39 is 17.3 Å². The van der Waals surface area contributed by atoms with Crippen molar-refractivity contribution in [2.24, 2.45) is 0 Å². The number of aromatic nitrogens is 3. The highest BCUT2D eigenvalue weighted by atomic mass is 35.5. The van der Waals surface area contributed by atoms with Gasteiger partial charge < -0.3 is 9.84 Å². The second-order valence-corrected chi connectivity index (χ2v) is 5.68. The molecule has 0 aromatic carbocycles. The van der Waals surface area contributed by atoms with E-state index in [4.69, 9.17) is 16.4 Å². The predicted molar refractivity (Wildman–Crippen MR) is 83.5 cm³/mol. The monoisotopic (exact) mass is 375 g/mol. The fourth-order valence-electron chi connectivity index (χ4n) is 1.79. The van der Waals surface area contributed by atoms with Crippen LogP contribution in [0.3, 0.4) is 0 Å². The van der Waals surface area contributed by atoms with Gasteiger partial charge in [0.1, 0.15) is 0 Å². The Balaban J connectivity index is 2.13. The minimum Gasteiger partial charge on any atom is -0.339 e. The fourth-order valence-corrected chi connectivity index (χ4v) is 1.87. The molecule has 0 radical (unpaired) electrons. The molecule has 0 atom stereocenters. The first-order valence-electron chi connectivity index (χ1n) is 7.23. The molecular weight excluding hydrogens is 360 g/mol. The van der Waals surface area contributed by atoms with Crippen molar-refractivity contribution in [1.29, 1.82) is 0 Å². The lowest BCUT2D eigenvalue weighted by Crippen LogP contribution is -2.39. The molecule has 1 N–H and O–H groups in total. The third-order valence-corrected chi connectivity index (χ3v) is 3.00. The van der Waals surface area contributed by atoms with Gasteiger partial charge in [-0.2, -0.15) is 18.8 Å². The number of carbonyl (C=O) groups excluding carboxylic acids is 1. The van der Waals surface area contributed by atoms with Gasteiger partial charge in [-0.25, -0.2) is 4.79 Å². The van der Waals surface area contributed by atoms with Crippen LogP contribution in [0, 0.1) is 0 Å². The van der Waals surface area contributed by atoms with Gasteiger partial charge in [0.05, 0.1) is 18.3 Å². The van der Waals surface area contributed by atoms with Crippen molar-refractivity contribution in [3.63, 3.8) is 0 Å². The van der Waals surface area contributed by atoms with Gasteiger partial charge in [0.25, 0.3) is 0 Å². The second kappa shape index (κ2) is 7.70. The molecule has 0 saturated heterocycles. The van der Waals surface area contributed by atoms with Crippen molar-refractivity contribution in [1.82, 2.24) is 25.5 Å². The number of alkyl halides is 3. The van der Waals surface area contributed by atoms with E-state index in [9.17, 15) is 13.6 Å². The first kappa shape index (κ1) is 19.0. The molecule has 2 aromatic heterocycles. The van der Waals surface area contributed by atoms with Crippen LogP contribution in [-0.2, 0) is 16.8 Å². The Morgan fingerprint density at radius 1 is 1.48 bits per heavy atom. The Morgan fingerprint density at radius 2 is 2.20 bits per heavy atom. The molecule has 25 heavy (non-hydrogen) atoms. The van der Waals surface area contributed by atoms with Crippen molar-refractivity contribution in [3.05, 3.63) is 29.9 Å². The topological polar surface area (TPSA) is 93.4 Å². The number of urea groups is 1. The summed E-state index contributed by atoms with van der Waals surface area (Å²) in [4.78, 5) is 24.9. The van der Waals surface area contributed by atoms with Crippen LogP contribution in [0.4, 0.5) is 13.6 Å². The normalized spacial score (nSPS) is 11.6. The highest BCUT2D eigenvalue weighted by Gasteiger charge is 2.35. The molecule has 0 fully saturated rings. The van der Waals surface area contributed by atoms with E-state index in [-0.39, 0.29) is 18.5 Å². The molecule has 0 saturated carbocycles. The molecule has 0 aliphatic heterocycles. The Morgan fingerprint density at radius 3 is 2.68 bits per heavy atom. The van der Waals surface area contributed by atoms with E-state index in [0.717, 1.165) is 5.06 Å². The number of hydrogen-bond acceptors (Lipinski definition) is 6. The van der Waals surface area contributed by atoms with Gasteiger partial charge in [-0.15, -0.1) is 0 Å². The lowest BCUT2D eigenvalue weighted by Gasteiger charge is -2.23. The summed E-state index contributed by atoms with van der Waals surface area (Å²) in [6.45, 7) is 3.66. The zero-order chi connectivity index (χ0) is 18.6. The summed E-state index contributed by atoms with van der Waals surface area (Å²) in [5, 5.41) is 3.29. The van der Waals surface area contributed by atoms with Gasteiger partial charge in [-0.3, -0.25) is 9.82 Å². The predicted octanol–water partition coefficient (Wildman–Crippen LogP) is 2.90. The third-order valence-electron chi connectivity index (χ3n) is 2.84. The van der Waals surface area contributed by atoms with Crippen LogP contribution in [0.5, 0.6) is 0 Å². The fraction of sp³-hybridized carbons (Fsp3) is 0.429. The van der Waals surface area contributed by atoms with Gasteiger partial charge in [-0.05, 0) is 37.6 Å². The minimum absolute atomic E-state index is 0.0732. The van der Waals surface area contributed by atoms with Crippen LogP contribution in [-0.4, -0.2) is 39.4 Å². The number of rotatable bonds is 6. The summed E-state index contributed by atoms with van der Waals surface area (Å²) in [6, 6.07) is 2.72. The van der Waals surface area contributed by atoms with Crippen LogP contribution in [0.1, 0.15) is 25.4 Å². The molecule has 2 amide bonds. The lowest BCUT2D eigenvalue weighted by molar-refractivity contribution is -0.154. The highest BCUT2D eigenvalue weighted by molar-refractivity contribution is 6.21. The summed E-state index contributed by atoms with van der Waals surface area (Å²) in [5.74, 6) is -1.07. The van der Waals surface area contributed by atoms with E-state index in [1.807, 2.05) is 0 Å². The molecule has 8 nitrogen and oxygen atoms in total. The summed E-state index contributed by atoms with van der Waals surface area (Å²) >= 11 is 4.82. The SMILES string of the molecule is CNC(=O)N(Cc1ccc(-c2noc(C(F)(F)Cl)n2)cn1)OC(C)C. The summed E-state index contributed by atoms with van der Waals surface area (Å²) < 4.78 is 30.2. The molecule has 0 aliphatic carbocycles. The number of halogens is 3. The first-order chi connectivity index (χ1) is 11.7. The number of carbonyl (C=O) groups is 1. The van der Waals surface area contributed by atoms with Crippen molar-refractivity contribution in [2.75, 3.05) is 7.05 Å². The van der Waals surface area contributed by atoms with Crippen molar-refractivity contribution >= 4 is 17.6 Å². The van der Waals surface area contributed by atoms with Gasteiger partial charge in [-0.1, -0.05) is 5.16 Å². The number of amides is 2. The van der Waals surface area contributed by atoms with Crippen LogP contribution in [0.25, 0.3) is 11.4 Å². The zero-order valence-electron chi connectivity index (χ0n) is 13.7. The molecule has 0 spiro atoms. The number of nitrogens with zero attached hydrogens (tertiary/aromatic N) is 4. The maximum Gasteiger partial charge on any atom is 0.400 e. The molecule has 136 valence electrons. The molecule has 2 rings (SSSR count). The smallest absolute Gasteiger partial charge is 0.339 e. The molecule has 2 heterocycles. The second-order valence-electron chi connectivity index (χ2n) is 5.21. The third kappa shape index (κ3) is 5.07. The van der Waals surface area contributed by atoms with Crippen LogP contribution >= 0.6 is 11.6 Å². The number of hydroxylamine groups is 2. The Hall–Kier alpha value is -2.33. The average molecular weight is 376 g/mol. The van der Waals surface area contributed by atoms with Crippen LogP contribution in [0.15, 0.2) is 22.9 Å². The molecular formula is C14H16ClF2N5O3. The van der Waals surface area contributed by atoms with Crippen LogP contribution < -0.4 is 5.32 Å². The van der Waals surface area contributed by atoms with Gasteiger partial charge in [0, 0.05) is 18.8 Å². The van der Waals surface area contributed by atoms with E-state index in [1.54, 1.807) is 26.0 Å². The Labute approximate surface area is 147 Å². The number of nitrogens with one attached hydrogen (secondary N) is 1. The molecule has 0 unspecified atom stereocenters. The lowest BCUT2D eigenvalue weighted by atomic mass is 10.2. The zero-order valence-corrected chi connectivity index (χ0v) is 14.4. The molecule has 11 heteroatoms. The summed E-state index contributed by atoms with van der Waals surface area (Å²) in [7, 11) is 1.48. The maximum absolute atomic E-state index is 12.9. The minimum atomic E-state index is -3.74.